The second-order valence-electron chi connectivity index (χ2n) is 9.53. The van der Waals surface area contributed by atoms with E-state index in [4.69, 9.17) is 19.9 Å². The van der Waals surface area contributed by atoms with Crippen LogP contribution in [0.2, 0.25) is 0 Å². The molecule has 4 heteroatoms. The van der Waals surface area contributed by atoms with Crippen LogP contribution in [0.5, 0.6) is 0 Å². The first kappa shape index (κ1) is 20.9. The largest absolute Gasteiger partial charge is 0.234 e. The molecule has 0 atom stereocenters. The Morgan fingerprint density at radius 2 is 1.05 bits per heavy atom. The normalized spacial score (nSPS) is 11.7. The van der Waals surface area contributed by atoms with E-state index in [1.165, 1.54) is 21.5 Å². The Balaban J connectivity index is 1.48. The predicted octanol–water partition coefficient (Wildman–Crippen LogP) is 8.37. The molecule has 176 valence electrons. The van der Waals surface area contributed by atoms with Crippen LogP contribution < -0.4 is 0 Å². The van der Waals surface area contributed by atoms with Gasteiger partial charge in [0, 0.05) is 27.9 Å². The maximum absolute atomic E-state index is 5.21. The monoisotopic (exact) mass is 484 g/mol. The van der Waals surface area contributed by atoms with Crippen LogP contribution in [-0.4, -0.2) is 19.9 Å². The molecule has 0 saturated carbocycles. The van der Waals surface area contributed by atoms with Gasteiger partial charge in [-0.25, -0.2) is 19.9 Å². The summed E-state index contributed by atoms with van der Waals surface area (Å²) >= 11 is 0. The number of hydrogen-bond donors (Lipinski definition) is 0. The number of hydrogen-bond acceptors (Lipinski definition) is 4. The standard InChI is InChI=1S/C34H20N4/c1-2-10-21(11-3-1)33-36-30-17-9-8-16-26(30)32(38-33)34-35-20-29-25-15-7-6-14-24(25)27-18-22-12-4-5-13-23(22)19-28(27)31(29)37-34/h1-20H. The lowest BCUT2D eigenvalue weighted by Crippen LogP contribution is -1.99. The van der Waals surface area contributed by atoms with E-state index in [9.17, 15) is 0 Å². The summed E-state index contributed by atoms with van der Waals surface area (Å²) in [4.78, 5) is 20.0. The van der Waals surface area contributed by atoms with Crippen molar-refractivity contribution in [1.82, 2.24) is 19.9 Å². The third-order valence-corrected chi connectivity index (χ3v) is 7.28. The van der Waals surface area contributed by atoms with E-state index in [0.29, 0.717) is 11.6 Å². The third-order valence-electron chi connectivity index (χ3n) is 7.28. The SMILES string of the molecule is c1ccc(-c2nc(-c3ncc4c5ccccc5c5cc6ccccc6cc5c4n3)c3ccccc3n2)cc1. The van der Waals surface area contributed by atoms with Crippen LogP contribution in [0.4, 0.5) is 0 Å². The van der Waals surface area contributed by atoms with Crippen LogP contribution in [0, 0.1) is 0 Å². The Morgan fingerprint density at radius 1 is 0.421 bits per heavy atom. The first-order valence-corrected chi connectivity index (χ1v) is 12.7. The Labute approximate surface area is 218 Å². The highest BCUT2D eigenvalue weighted by atomic mass is 15.0. The molecule has 0 fully saturated rings. The first-order valence-electron chi connectivity index (χ1n) is 12.7. The van der Waals surface area contributed by atoms with Gasteiger partial charge in [0.15, 0.2) is 11.6 Å². The fourth-order valence-electron chi connectivity index (χ4n) is 5.47. The van der Waals surface area contributed by atoms with Crippen molar-refractivity contribution in [2.45, 2.75) is 0 Å². The summed E-state index contributed by atoms with van der Waals surface area (Å²) in [6.45, 7) is 0. The van der Waals surface area contributed by atoms with Gasteiger partial charge in [0.2, 0.25) is 0 Å². The van der Waals surface area contributed by atoms with Crippen molar-refractivity contribution in [3.05, 3.63) is 121 Å². The summed E-state index contributed by atoms with van der Waals surface area (Å²) < 4.78 is 0. The molecular weight excluding hydrogens is 464 g/mol. The smallest absolute Gasteiger partial charge is 0.179 e. The van der Waals surface area contributed by atoms with Crippen LogP contribution in [0.15, 0.2) is 121 Å². The van der Waals surface area contributed by atoms with Gasteiger partial charge in [-0.2, -0.15) is 0 Å². The second-order valence-corrected chi connectivity index (χ2v) is 9.53. The van der Waals surface area contributed by atoms with E-state index in [0.717, 1.165) is 43.8 Å². The Bertz CT molecular complexity index is 2190. The zero-order valence-electron chi connectivity index (χ0n) is 20.3. The molecule has 0 amide bonds. The summed E-state index contributed by atoms with van der Waals surface area (Å²) in [5, 5.41) is 9.03. The molecule has 0 unspecified atom stereocenters. The Kier molecular flexibility index (Phi) is 4.49. The molecule has 0 N–H and O–H groups in total. The van der Waals surface area contributed by atoms with E-state index >= 15 is 0 Å². The van der Waals surface area contributed by atoms with Crippen molar-refractivity contribution in [2.24, 2.45) is 0 Å². The Hall–Kier alpha value is -5.22. The minimum absolute atomic E-state index is 0.595. The Morgan fingerprint density at radius 3 is 1.84 bits per heavy atom. The fourth-order valence-corrected chi connectivity index (χ4v) is 5.47. The van der Waals surface area contributed by atoms with Gasteiger partial charge in [-0.3, -0.25) is 0 Å². The number of rotatable bonds is 2. The number of aromatic nitrogens is 4. The molecule has 0 aliphatic rings. The quantitative estimate of drug-likeness (QED) is 0.183. The van der Waals surface area contributed by atoms with Crippen LogP contribution in [0.25, 0.3) is 77.0 Å². The highest BCUT2D eigenvalue weighted by Crippen LogP contribution is 2.37. The van der Waals surface area contributed by atoms with E-state index in [1.807, 2.05) is 60.8 Å². The topological polar surface area (TPSA) is 51.6 Å². The number of benzene rings is 6. The van der Waals surface area contributed by atoms with Crippen molar-refractivity contribution in [1.29, 1.82) is 0 Å². The minimum Gasteiger partial charge on any atom is -0.234 e. The summed E-state index contributed by atoms with van der Waals surface area (Å²) in [5.41, 5.74) is 3.49. The van der Waals surface area contributed by atoms with Crippen molar-refractivity contribution < 1.29 is 0 Å². The van der Waals surface area contributed by atoms with Crippen LogP contribution in [-0.2, 0) is 0 Å². The average Bonchev–Trinajstić information content (AvgIpc) is 3.00. The molecule has 38 heavy (non-hydrogen) atoms. The lowest BCUT2D eigenvalue weighted by molar-refractivity contribution is 1.16. The van der Waals surface area contributed by atoms with Crippen molar-refractivity contribution >= 4 is 54.1 Å². The molecule has 2 heterocycles. The van der Waals surface area contributed by atoms with E-state index < -0.39 is 0 Å². The van der Waals surface area contributed by atoms with Gasteiger partial charge in [0.05, 0.1) is 11.0 Å². The van der Waals surface area contributed by atoms with Gasteiger partial charge in [-0.1, -0.05) is 97.1 Å². The maximum Gasteiger partial charge on any atom is 0.179 e. The highest BCUT2D eigenvalue weighted by molar-refractivity contribution is 6.26. The summed E-state index contributed by atoms with van der Waals surface area (Å²) in [6, 6.07) is 39.6. The zero-order chi connectivity index (χ0) is 25.1. The molecule has 4 nitrogen and oxygen atoms in total. The first-order chi connectivity index (χ1) is 18.8. The van der Waals surface area contributed by atoms with E-state index in [2.05, 4.69) is 60.7 Å². The molecular formula is C34H20N4. The fraction of sp³-hybridized carbons (Fsp3) is 0. The summed E-state index contributed by atoms with van der Waals surface area (Å²) in [5.74, 6) is 1.26. The molecule has 0 aliphatic heterocycles. The van der Waals surface area contributed by atoms with Crippen LogP contribution in [0.3, 0.4) is 0 Å². The third kappa shape index (κ3) is 3.17. The van der Waals surface area contributed by atoms with Crippen LogP contribution in [0.1, 0.15) is 0 Å². The minimum atomic E-state index is 0.595. The van der Waals surface area contributed by atoms with Gasteiger partial charge < -0.3 is 0 Å². The zero-order valence-corrected chi connectivity index (χ0v) is 20.3. The average molecular weight is 485 g/mol. The van der Waals surface area contributed by atoms with Crippen molar-refractivity contribution in [3.63, 3.8) is 0 Å². The molecule has 8 aromatic rings. The second kappa shape index (κ2) is 8.15. The van der Waals surface area contributed by atoms with Crippen molar-refractivity contribution in [3.8, 4) is 22.9 Å². The van der Waals surface area contributed by atoms with Gasteiger partial charge in [-0.05, 0) is 45.1 Å². The number of fused-ring (bicyclic) bond motifs is 8. The van der Waals surface area contributed by atoms with E-state index in [-0.39, 0.29) is 0 Å². The van der Waals surface area contributed by atoms with Crippen molar-refractivity contribution in [2.75, 3.05) is 0 Å². The van der Waals surface area contributed by atoms with E-state index in [1.54, 1.807) is 0 Å². The molecule has 2 aromatic heterocycles. The highest BCUT2D eigenvalue weighted by Gasteiger charge is 2.17. The van der Waals surface area contributed by atoms with Gasteiger partial charge >= 0.3 is 0 Å². The lowest BCUT2D eigenvalue weighted by atomic mass is 9.95. The maximum atomic E-state index is 5.21. The lowest BCUT2D eigenvalue weighted by Gasteiger charge is -2.13. The van der Waals surface area contributed by atoms with Gasteiger partial charge in [0.25, 0.3) is 0 Å². The van der Waals surface area contributed by atoms with Gasteiger partial charge in [0.1, 0.15) is 5.69 Å². The predicted molar refractivity (Wildman–Crippen MR) is 156 cm³/mol. The molecule has 0 bridgehead atoms. The summed E-state index contributed by atoms with van der Waals surface area (Å²) in [7, 11) is 0. The molecule has 6 aromatic carbocycles. The number of para-hydroxylation sites is 1. The summed E-state index contributed by atoms with van der Waals surface area (Å²) in [6.07, 6.45) is 1.95. The van der Waals surface area contributed by atoms with Crippen LogP contribution >= 0.6 is 0 Å². The molecule has 0 aliphatic carbocycles. The molecule has 8 rings (SSSR count). The molecule has 0 saturated heterocycles. The molecule has 0 spiro atoms. The van der Waals surface area contributed by atoms with Gasteiger partial charge in [-0.15, -0.1) is 0 Å². The molecule has 0 radical (unpaired) electrons. The number of nitrogens with zero attached hydrogens (tertiary/aromatic N) is 4.